The summed E-state index contributed by atoms with van der Waals surface area (Å²) in [5.41, 5.74) is 0. The molecule has 2 heteroatoms. The molecule has 13 heavy (non-hydrogen) atoms. The second kappa shape index (κ2) is 5.38. The Kier molecular flexibility index (Phi) is 4.43. The number of hydrogen-bond acceptors (Lipinski definition) is 2. The minimum absolute atomic E-state index is 0.269. The van der Waals surface area contributed by atoms with Gasteiger partial charge in [0.1, 0.15) is 5.78 Å². The summed E-state index contributed by atoms with van der Waals surface area (Å²) in [4.78, 5) is 11.4. The molecule has 76 valence electrons. The summed E-state index contributed by atoms with van der Waals surface area (Å²) in [7, 11) is 1.97. The fourth-order valence-electron chi connectivity index (χ4n) is 2.32. The van der Waals surface area contributed by atoms with Gasteiger partial charge >= 0.3 is 0 Å². The van der Waals surface area contributed by atoms with Crippen LogP contribution in [0, 0.1) is 5.92 Å². The van der Waals surface area contributed by atoms with Crippen LogP contribution in [0.1, 0.15) is 45.4 Å². The summed E-state index contributed by atoms with van der Waals surface area (Å²) in [6.45, 7) is 1.73. The van der Waals surface area contributed by atoms with Crippen LogP contribution in [-0.4, -0.2) is 18.9 Å². The van der Waals surface area contributed by atoms with Gasteiger partial charge in [-0.05, 0) is 26.8 Å². The van der Waals surface area contributed by atoms with Crippen LogP contribution in [0.25, 0.3) is 0 Å². The first-order valence-corrected chi connectivity index (χ1v) is 5.43. The Hall–Kier alpha value is -0.370. The van der Waals surface area contributed by atoms with E-state index in [0.717, 1.165) is 6.42 Å². The third kappa shape index (κ3) is 3.11. The van der Waals surface area contributed by atoms with Crippen molar-refractivity contribution in [2.24, 2.45) is 5.92 Å². The van der Waals surface area contributed by atoms with Crippen LogP contribution >= 0.6 is 0 Å². The molecule has 1 unspecified atom stereocenters. The van der Waals surface area contributed by atoms with Gasteiger partial charge in [0.25, 0.3) is 0 Å². The van der Waals surface area contributed by atoms with Gasteiger partial charge in [0, 0.05) is 12.0 Å². The van der Waals surface area contributed by atoms with Crippen molar-refractivity contribution in [2.45, 2.75) is 51.5 Å². The summed E-state index contributed by atoms with van der Waals surface area (Å²) in [6.07, 6.45) is 7.39. The molecule has 0 aromatic heterocycles. The highest BCUT2D eigenvalue weighted by molar-refractivity contribution is 5.79. The van der Waals surface area contributed by atoms with Crippen molar-refractivity contribution in [3.05, 3.63) is 0 Å². The van der Waals surface area contributed by atoms with Crippen molar-refractivity contribution in [3.63, 3.8) is 0 Å². The Morgan fingerprint density at radius 1 is 1.15 bits per heavy atom. The average Bonchev–Trinajstić information content (AvgIpc) is 2.03. The van der Waals surface area contributed by atoms with Crippen molar-refractivity contribution < 1.29 is 4.79 Å². The first kappa shape index (κ1) is 10.7. The average molecular weight is 183 g/mol. The summed E-state index contributed by atoms with van der Waals surface area (Å²) < 4.78 is 0. The van der Waals surface area contributed by atoms with E-state index in [1.165, 1.54) is 32.1 Å². The molecule has 0 spiro atoms. The van der Waals surface area contributed by atoms with E-state index in [1.54, 1.807) is 6.92 Å². The van der Waals surface area contributed by atoms with Gasteiger partial charge < -0.3 is 5.32 Å². The molecule has 0 heterocycles. The second-order valence-electron chi connectivity index (χ2n) is 4.10. The van der Waals surface area contributed by atoms with Gasteiger partial charge in [0.15, 0.2) is 0 Å². The van der Waals surface area contributed by atoms with E-state index in [1.807, 2.05) is 7.05 Å². The van der Waals surface area contributed by atoms with Gasteiger partial charge in [-0.2, -0.15) is 0 Å². The third-order valence-corrected chi connectivity index (χ3v) is 3.16. The fourth-order valence-corrected chi connectivity index (χ4v) is 2.32. The van der Waals surface area contributed by atoms with Gasteiger partial charge in [-0.1, -0.05) is 25.7 Å². The molecule has 2 atom stereocenters. The number of carbonyl (C=O) groups excluding carboxylic acids is 1. The Morgan fingerprint density at radius 2 is 1.77 bits per heavy atom. The van der Waals surface area contributed by atoms with Gasteiger partial charge in [0.05, 0.1) is 0 Å². The monoisotopic (exact) mass is 183 g/mol. The molecule has 0 aromatic carbocycles. The van der Waals surface area contributed by atoms with Crippen LogP contribution in [-0.2, 0) is 4.79 Å². The van der Waals surface area contributed by atoms with Crippen LogP contribution in [0.4, 0.5) is 0 Å². The van der Waals surface area contributed by atoms with E-state index >= 15 is 0 Å². The molecule has 0 amide bonds. The highest BCUT2D eigenvalue weighted by Gasteiger charge is 2.24. The molecule has 0 bridgehead atoms. The van der Waals surface area contributed by atoms with Crippen LogP contribution in [0.5, 0.6) is 0 Å². The van der Waals surface area contributed by atoms with Crippen molar-refractivity contribution in [3.8, 4) is 0 Å². The van der Waals surface area contributed by atoms with Crippen molar-refractivity contribution in [1.29, 1.82) is 0 Å². The Morgan fingerprint density at radius 3 is 2.31 bits per heavy atom. The molecular formula is C11H21NO. The molecule has 1 aliphatic carbocycles. The smallest absolute Gasteiger partial charge is 0.134 e. The van der Waals surface area contributed by atoms with E-state index in [2.05, 4.69) is 5.32 Å². The van der Waals surface area contributed by atoms with E-state index in [9.17, 15) is 4.79 Å². The quantitative estimate of drug-likeness (QED) is 0.710. The zero-order chi connectivity index (χ0) is 9.68. The SMILES string of the molecule is CNC1CCCCCC[C@H]1C(C)=O. The number of hydrogen-bond donors (Lipinski definition) is 1. The van der Waals surface area contributed by atoms with Crippen LogP contribution in [0.3, 0.4) is 0 Å². The molecule has 1 saturated carbocycles. The van der Waals surface area contributed by atoms with E-state index in [-0.39, 0.29) is 5.92 Å². The minimum Gasteiger partial charge on any atom is -0.316 e. The van der Waals surface area contributed by atoms with Crippen molar-refractivity contribution in [2.75, 3.05) is 7.05 Å². The van der Waals surface area contributed by atoms with Gasteiger partial charge in [0.2, 0.25) is 0 Å². The molecular weight excluding hydrogens is 162 g/mol. The molecule has 1 N–H and O–H groups in total. The number of nitrogens with one attached hydrogen (secondary N) is 1. The van der Waals surface area contributed by atoms with E-state index < -0.39 is 0 Å². The maximum Gasteiger partial charge on any atom is 0.134 e. The molecule has 1 fully saturated rings. The molecule has 0 saturated heterocycles. The molecule has 0 radical (unpaired) electrons. The van der Waals surface area contributed by atoms with E-state index in [0.29, 0.717) is 11.8 Å². The van der Waals surface area contributed by atoms with Crippen molar-refractivity contribution in [1.82, 2.24) is 5.32 Å². The zero-order valence-electron chi connectivity index (χ0n) is 8.81. The molecule has 0 aliphatic heterocycles. The standard InChI is InChI=1S/C11H21NO/c1-9(13)10-7-5-3-4-6-8-11(10)12-2/h10-12H,3-8H2,1-2H3/t10-,11?/m0/s1. The highest BCUT2D eigenvalue weighted by Crippen LogP contribution is 2.23. The lowest BCUT2D eigenvalue weighted by Crippen LogP contribution is -2.37. The predicted octanol–water partition coefficient (Wildman–Crippen LogP) is 2.13. The Labute approximate surface area is 81.1 Å². The lowest BCUT2D eigenvalue weighted by atomic mass is 9.84. The molecule has 1 aliphatic rings. The maximum atomic E-state index is 11.4. The summed E-state index contributed by atoms with van der Waals surface area (Å²) >= 11 is 0. The van der Waals surface area contributed by atoms with Gasteiger partial charge in [-0.3, -0.25) is 4.79 Å². The first-order chi connectivity index (χ1) is 6.25. The predicted molar refractivity (Wildman–Crippen MR) is 54.7 cm³/mol. The summed E-state index contributed by atoms with van der Waals surface area (Å²) in [6, 6.07) is 0.429. The summed E-state index contributed by atoms with van der Waals surface area (Å²) in [5.74, 6) is 0.631. The second-order valence-corrected chi connectivity index (χ2v) is 4.10. The Balaban J connectivity index is 2.55. The largest absolute Gasteiger partial charge is 0.316 e. The fraction of sp³-hybridized carbons (Fsp3) is 0.909. The summed E-state index contributed by atoms with van der Waals surface area (Å²) in [5, 5.41) is 3.28. The lowest BCUT2D eigenvalue weighted by Gasteiger charge is -2.26. The number of rotatable bonds is 2. The zero-order valence-corrected chi connectivity index (χ0v) is 8.81. The first-order valence-electron chi connectivity index (χ1n) is 5.43. The third-order valence-electron chi connectivity index (χ3n) is 3.16. The Bertz CT molecular complexity index is 167. The molecule has 0 aromatic rings. The van der Waals surface area contributed by atoms with Gasteiger partial charge in [-0.15, -0.1) is 0 Å². The number of ketones is 1. The topological polar surface area (TPSA) is 29.1 Å². The molecule has 2 nitrogen and oxygen atoms in total. The van der Waals surface area contributed by atoms with Crippen LogP contribution in [0.15, 0.2) is 0 Å². The maximum absolute atomic E-state index is 11.4. The van der Waals surface area contributed by atoms with Crippen molar-refractivity contribution >= 4 is 5.78 Å². The normalized spacial score (nSPS) is 30.6. The lowest BCUT2D eigenvalue weighted by molar-refractivity contribution is -0.122. The van der Waals surface area contributed by atoms with Gasteiger partial charge in [-0.25, -0.2) is 0 Å². The number of carbonyl (C=O) groups is 1. The van der Waals surface area contributed by atoms with E-state index in [4.69, 9.17) is 0 Å². The minimum atomic E-state index is 0.269. The van der Waals surface area contributed by atoms with Crippen LogP contribution in [0.2, 0.25) is 0 Å². The highest BCUT2D eigenvalue weighted by atomic mass is 16.1. The van der Waals surface area contributed by atoms with Crippen LogP contribution < -0.4 is 5.32 Å². The number of Topliss-reactive ketones (excluding diaryl/α,β-unsaturated/α-hetero) is 1. The molecule has 1 rings (SSSR count).